The fourth-order valence-electron chi connectivity index (χ4n) is 2.00. The highest BCUT2D eigenvalue weighted by molar-refractivity contribution is 5.90. The summed E-state index contributed by atoms with van der Waals surface area (Å²) in [7, 11) is 0. The number of rotatable bonds is 5. The summed E-state index contributed by atoms with van der Waals surface area (Å²) in [5.74, 6) is -0.0671. The Morgan fingerprint density at radius 1 is 1.29 bits per heavy atom. The summed E-state index contributed by atoms with van der Waals surface area (Å²) in [5, 5.41) is 12.3. The summed E-state index contributed by atoms with van der Waals surface area (Å²) in [6.07, 6.45) is 3.94. The number of carbonyl (C=O) groups is 1. The number of carbonyl (C=O) groups excluding carboxylic acids is 1. The zero-order valence-electron chi connectivity index (χ0n) is 11.9. The number of pyridine rings is 1. The van der Waals surface area contributed by atoms with Gasteiger partial charge in [0.25, 0.3) is 0 Å². The van der Waals surface area contributed by atoms with Gasteiger partial charge in [-0.15, -0.1) is 0 Å². The molecule has 0 aliphatic heterocycles. The van der Waals surface area contributed by atoms with Gasteiger partial charge in [0.2, 0.25) is 11.3 Å². The first kappa shape index (κ1) is 14.8. The first-order chi connectivity index (χ1) is 10.1. The van der Waals surface area contributed by atoms with Crippen molar-refractivity contribution in [2.24, 2.45) is 0 Å². The van der Waals surface area contributed by atoms with E-state index in [0.29, 0.717) is 12.0 Å². The van der Waals surface area contributed by atoms with Gasteiger partial charge in [0.05, 0.1) is 0 Å². The van der Waals surface area contributed by atoms with Crippen molar-refractivity contribution in [2.75, 3.05) is 5.32 Å². The van der Waals surface area contributed by atoms with Gasteiger partial charge >= 0.3 is 0 Å². The average molecular weight is 286 g/mol. The van der Waals surface area contributed by atoms with E-state index in [1.807, 2.05) is 17.6 Å². The molecular weight excluding hydrogens is 268 g/mol. The second kappa shape index (κ2) is 6.74. The van der Waals surface area contributed by atoms with E-state index < -0.39 is 0 Å². The molecule has 0 radical (unpaired) electrons. The fraction of sp³-hybridized carbons (Fsp3) is 0.250. The van der Waals surface area contributed by atoms with Crippen molar-refractivity contribution in [3.05, 3.63) is 58.5 Å². The molecule has 2 aromatic rings. The lowest BCUT2D eigenvalue weighted by Gasteiger charge is -2.08. The predicted octanol–water partition coefficient (Wildman–Crippen LogP) is 2.15. The van der Waals surface area contributed by atoms with E-state index in [4.69, 9.17) is 0 Å². The van der Waals surface area contributed by atoms with Crippen LogP contribution in [0.25, 0.3) is 0 Å². The quantitative estimate of drug-likeness (QED) is 0.884. The normalized spacial score (nSPS) is 10.3. The van der Waals surface area contributed by atoms with E-state index in [0.717, 1.165) is 6.54 Å². The van der Waals surface area contributed by atoms with Crippen LogP contribution in [0.15, 0.2) is 47.5 Å². The maximum absolute atomic E-state index is 11.9. The average Bonchev–Trinajstić information content (AvgIpc) is 2.48. The smallest absolute Gasteiger partial charge is 0.224 e. The Morgan fingerprint density at radius 2 is 2.05 bits per heavy atom. The van der Waals surface area contributed by atoms with Crippen molar-refractivity contribution in [1.82, 2.24) is 4.57 Å². The molecule has 0 saturated carbocycles. The molecule has 5 nitrogen and oxygen atoms in total. The second-order valence-electron chi connectivity index (χ2n) is 4.73. The number of nitrogens with one attached hydrogen (secondary N) is 1. The lowest BCUT2D eigenvalue weighted by molar-refractivity contribution is -0.116. The van der Waals surface area contributed by atoms with Crippen LogP contribution in [0.4, 0.5) is 5.69 Å². The molecule has 1 heterocycles. The number of phenolic OH excluding ortho intramolecular Hbond substituents is 1. The largest absolute Gasteiger partial charge is 0.508 e. The van der Waals surface area contributed by atoms with Crippen LogP contribution in [-0.4, -0.2) is 15.6 Å². The van der Waals surface area contributed by atoms with Crippen LogP contribution in [0.5, 0.6) is 5.75 Å². The molecule has 0 aliphatic carbocycles. The van der Waals surface area contributed by atoms with Gasteiger partial charge in [-0.25, -0.2) is 0 Å². The van der Waals surface area contributed by atoms with Gasteiger partial charge in [-0.3, -0.25) is 9.59 Å². The third kappa shape index (κ3) is 3.95. The Bertz CT molecular complexity index is 692. The third-order valence-electron chi connectivity index (χ3n) is 3.23. The maximum atomic E-state index is 11.9. The first-order valence-electron chi connectivity index (χ1n) is 6.87. The molecule has 1 aromatic heterocycles. The van der Waals surface area contributed by atoms with Crippen molar-refractivity contribution in [3.8, 4) is 5.75 Å². The van der Waals surface area contributed by atoms with Gasteiger partial charge in [-0.1, -0.05) is 18.2 Å². The van der Waals surface area contributed by atoms with E-state index in [-0.39, 0.29) is 29.2 Å². The molecular formula is C16H18N2O3. The molecule has 2 rings (SSSR count). The Hall–Kier alpha value is -2.56. The molecule has 1 amide bonds. The topological polar surface area (TPSA) is 71.3 Å². The Labute approximate surface area is 122 Å². The maximum Gasteiger partial charge on any atom is 0.224 e. The molecule has 0 saturated heterocycles. The molecule has 0 unspecified atom stereocenters. The number of hydrogen-bond donors (Lipinski definition) is 2. The summed E-state index contributed by atoms with van der Waals surface area (Å²) < 4.78 is 1.82. The van der Waals surface area contributed by atoms with E-state index in [2.05, 4.69) is 5.32 Å². The SMILES string of the molecule is CCn1ccc(=O)c(NC(=O)CCc2ccccc2O)c1. The van der Waals surface area contributed by atoms with Crippen LogP contribution in [0.1, 0.15) is 18.9 Å². The number of phenols is 1. The van der Waals surface area contributed by atoms with Crippen LogP contribution >= 0.6 is 0 Å². The number of benzene rings is 1. The summed E-state index contributed by atoms with van der Waals surface area (Å²) in [6, 6.07) is 8.34. The molecule has 0 bridgehead atoms. The van der Waals surface area contributed by atoms with Gasteiger partial charge in [-0.2, -0.15) is 0 Å². The standard InChI is InChI=1S/C16H18N2O3/c1-2-18-10-9-15(20)13(11-18)17-16(21)8-7-12-5-3-4-6-14(12)19/h3-6,9-11,19H,2,7-8H2,1H3,(H,17,21). The molecule has 0 fully saturated rings. The summed E-state index contributed by atoms with van der Waals surface area (Å²) in [6.45, 7) is 2.68. The van der Waals surface area contributed by atoms with Gasteiger partial charge in [0, 0.05) is 31.4 Å². The summed E-state index contributed by atoms with van der Waals surface area (Å²) in [4.78, 5) is 23.6. The number of nitrogens with zero attached hydrogens (tertiary/aromatic N) is 1. The Balaban J connectivity index is 1.99. The molecule has 0 spiro atoms. The highest BCUT2D eigenvalue weighted by Crippen LogP contribution is 2.17. The highest BCUT2D eigenvalue weighted by atomic mass is 16.3. The molecule has 1 aromatic carbocycles. The van der Waals surface area contributed by atoms with Crippen molar-refractivity contribution in [2.45, 2.75) is 26.3 Å². The van der Waals surface area contributed by atoms with Crippen molar-refractivity contribution in [3.63, 3.8) is 0 Å². The third-order valence-corrected chi connectivity index (χ3v) is 3.23. The minimum absolute atomic E-state index is 0.179. The van der Waals surface area contributed by atoms with E-state index in [1.165, 1.54) is 6.07 Å². The van der Waals surface area contributed by atoms with E-state index in [1.54, 1.807) is 30.6 Å². The number of aryl methyl sites for hydroxylation is 2. The fourth-order valence-corrected chi connectivity index (χ4v) is 2.00. The molecule has 2 N–H and O–H groups in total. The van der Waals surface area contributed by atoms with Crippen molar-refractivity contribution in [1.29, 1.82) is 0 Å². The first-order valence-corrected chi connectivity index (χ1v) is 6.87. The molecule has 21 heavy (non-hydrogen) atoms. The van der Waals surface area contributed by atoms with Crippen molar-refractivity contribution >= 4 is 11.6 Å². The lowest BCUT2D eigenvalue weighted by Crippen LogP contribution is -2.19. The second-order valence-corrected chi connectivity index (χ2v) is 4.73. The van der Waals surface area contributed by atoms with Crippen molar-refractivity contribution < 1.29 is 9.90 Å². The zero-order valence-corrected chi connectivity index (χ0v) is 11.9. The number of para-hydroxylation sites is 1. The van der Waals surface area contributed by atoms with Crippen LogP contribution in [0.2, 0.25) is 0 Å². The Morgan fingerprint density at radius 3 is 2.76 bits per heavy atom. The minimum Gasteiger partial charge on any atom is -0.508 e. The summed E-state index contributed by atoms with van der Waals surface area (Å²) >= 11 is 0. The lowest BCUT2D eigenvalue weighted by atomic mass is 10.1. The molecule has 0 atom stereocenters. The van der Waals surface area contributed by atoms with Crippen LogP contribution in [0.3, 0.4) is 0 Å². The van der Waals surface area contributed by atoms with Gasteiger partial charge in [0.1, 0.15) is 11.4 Å². The predicted molar refractivity (Wildman–Crippen MR) is 81.4 cm³/mol. The van der Waals surface area contributed by atoms with Crippen LogP contribution < -0.4 is 10.7 Å². The summed E-state index contributed by atoms with van der Waals surface area (Å²) in [5.41, 5.74) is 0.781. The number of hydrogen-bond acceptors (Lipinski definition) is 3. The Kier molecular flexibility index (Phi) is 4.77. The number of amides is 1. The molecule has 5 heteroatoms. The highest BCUT2D eigenvalue weighted by Gasteiger charge is 2.08. The van der Waals surface area contributed by atoms with Crippen LogP contribution in [-0.2, 0) is 17.8 Å². The van der Waals surface area contributed by atoms with E-state index >= 15 is 0 Å². The van der Waals surface area contributed by atoms with Gasteiger partial charge in [0.15, 0.2) is 0 Å². The number of anilines is 1. The number of aromatic hydroxyl groups is 1. The minimum atomic E-state index is -0.246. The van der Waals surface area contributed by atoms with Gasteiger partial charge < -0.3 is 15.0 Å². The molecule has 110 valence electrons. The van der Waals surface area contributed by atoms with Crippen LogP contribution in [0, 0.1) is 0 Å². The zero-order chi connectivity index (χ0) is 15.2. The number of aromatic nitrogens is 1. The van der Waals surface area contributed by atoms with Gasteiger partial charge in [-0.05, 0) is 25.0 Å². The molecule has 0 aliphatic rings. The van der Waals surface area contributed by atoms with E-state index in [9.17, 15) is 14.7 Å². The monoisotopic (exact) mass is 286 g/mol.